The molecule has 19 heavy (non-hydrogen) atoms. The Morgan fingerprint density at radius 2 is 2.00 bits per heavy atom. The van der Waals surface area contributed by atoms with E-state index in [-0.39, 0.29) is 6.61 Å². The Kier molecular flexibility index (Phi) is 6.53. The van der Waals surface area contributed by atoms with E-state index in [1.165, 1.54) is 0 Å². The highest BCUT2D eigenvalue weighted by atomic mass is 16.4. The average Bonchev–Trinajstić information content (AvgIpc) is 2.40. The van der Waals surface area contributed by atoms with Crippen LogP contribution in [0.5, 0.6) is 0 Å². The van der Waals surface area contributed by atoms with Gasteiger partial charge in [0.05, 0.1) is 12.2 Å². The number of rotatable bonds is 8. The van der Waals surface area contributed by atoms with Crippen molar-refractivity contribution in [3.8, 4) is 0 Å². The molecule has 1 rings (SSSR count). The third-order valence-electron chi connectivity index (χ3n) is 3.41. The zero-order chi connectivity index (χ0) is 14.3. The van der Waals surface area contributed by atoms with Crippen LogP contribution < -0.4 is 0 Å². The van der Waals surface area contributed by atoms with E-state index in [9.17, 15) is 4.79 Å². The second kappa shape index (κ2) is 7.92. The summed E-state index contributed by atoms with van der Waals surface area (Å²) in [6.07, 6.45) is 2.05. The molecule has 0 aliphatic rings. The maximum Gasteiger partial charge on any atom is 0.335 e. The van der Waals surface area contributed by atoms with Gasteiger partial charge in [-0.05, 0) is 30.5 Å². The van der Waals surface area contributed by atoms with Gasteiger partial charge in [0, 0.05) is 19.1 Å². The predicted molar refractivity (Wildman–Crippen MR) is 75.3 cm³/mol. The molecule has 2 N–H and O–H groups in total. The first kappa shape index (κ1) is 15.7. The van der Waals surface area contributed by atoms with Crippen molar-refractivity contribution >= 4 is 5.97 Å². The molecule has 0 spiro atoms. The van der Waals surface area contributed by atoms with E-state index < -0.39 is 5.97 Å². The van der Waals surface area contributed by atoms with Crippen LogP contribution in [0.3, 0.4) is 0 Å². The highest BCUT2D eigenvalue weighted by Gasteiger charge is 2.15. The van der Waals surface area contributed by atoms with E-state index in [0.717, 1.165) is 18.4 Å². The van der Waals surface area contributed by atoms with Crippen LogP contribution in [0.1, 0.15) is 42.6 Å². The number of carboxylic acids is 1. The number of hydrogen-bond donors (Lipinski definition) is 2. The second-order valence-electron chi connectivity index (χ2n) is 4.67. The van der Waals surface area contributed by atoms with Crippen molar-refractivity contribution in [3.63, 3.8) is 0 Å². The number of carbonyl (C=O) groups is 1. The van der Waals surface area contributed by atoms with Gasteiger partial charge < -0.3 is 10.2 Å². The predicted octanol–water partition coefficient (Wildman–Crippen LogP) is 2.37. The molecule has 4 nitrogen and oxygen atoms in total. The van der Waals surface area contributed by atoms with Crippen LogP contribution in [0, 0.1) is 0 Å². The van der Waals surface area contributed by atoms with Gasteiger partial charge in [-0.2, -0.15) is 0 Å². The fourth-order valence-corrected chi connectivity index (χ4v) is 2.36. The number of hydrogen-bond acceptors (Lipinski definition) is 3. The van der Waals surface area contributed by atoms with Gasteiger partial charge in [-0.3, -0.25) is 4.90 Å². The Morgan fingerprint density at radius 3 is 2.53 bits per heavy atom. The van der Waals surface area contributed by atoms with Gasteiger partial charge in [-0.15, -0.1) is 0 Å². The molecule has 1 aromatic rings. The molecular weight excluding hydrogens is 242 g/mol. The minimum Gasteiger partial charge on any atom is -0.478 e. The van der Waals surface area contributed by atoms with Crippen molar-refractivity contribution in [3.05, 3.63) is 35.4 Å². The molecule has 0 amide bonds. The topological polar surface area (TPSA) is 60.8 Å². The molecule has 0 fully saturated rings. The van der Waals surface area contributed by atoms with Crippen LogP contribution in [0.25, 0.3) is 0 Å². The van der Waals surface area contributed by atoms with Crippen LogP contribution >= 0.6 is 0 Å². The first-order valence-electron chi connectivity index (χ1n) is 6.79. The summed E-state index contributed by atoms with van der Waals surface area (Å²) in [7, 11) is 0. The summed E-state index contributed by atoms with van der Waals surface area (Å²) in [5.74, 6) is -0.905. The monoisotopic (exact) mass is 265 g/mol. The Hall–Kier alpha value is -1.39. The summed E-state index contributed by atoms with van der Waals surface area (Å²) in [6.45, 7) is 5.67. The molecule has 0 heterocycles. The van der Waals surface area contributed by atoms with Gasteiger partial charge in [0.15, 0.2) is 0 Å². The maximum atomic E-state index is 11.0. The number of aliphatic hydroxyl groups excluding tert-OH is 1. The zero-order valence-electron chi connectivity index (χ0n) is 11.7. The summed E-state index contributed by atoms with van der Waals surface area (Å²) in [4.78, 5) is 13.2. The fraction of sp³-hybridized carbons (Fsp3) is 0.533. The van der Waals surface area contributed by atoms with Gasteiger partial charge in [0.2, 0.25) is 0 Å². The Labute approximate surface area is 114 Å². The number of aliphatic hydroxyl groups is 1. The van der Waals surface area contributed by atoms with Crippen LogP contribution in [-0.4, -0.2) is 40.3 Å². The van der Waals surface area contributed by atoms with Crippen molar-refractivity contribution in [2.24, 2.45) is 0 Å². The van der Waals surface area contributed by atoms with Gasteiger partial charge in [0.1, 0.15) is 0 Å². The van der Waals surface area contributed by atoms with Crippen LogP contribution in [-0.2, 0) is 6.54 Å². The number of benzene rings is 1. The summed E-state index contributed by atoms with van der Waals surface area (Å²) in [5, 5.41) is 18.2. The summed E-state index contributed by atoms with van der Waals surface area (Å²) < 4.78 is 0. The molecule has 0 unspecified atom stereocenters. The molecule has 0 radical (unpaired) electrons. The molecule has 0 aliphatic carbocycles. The molecule has 0 atom stereocenters. The first-order chi connectivity index (χ1) is 9.12. The lowest BCUT2D eigenvalue weighted by Crippen LogP contribution is -2.36. The van der Waals surface area contributed by atoms with E-state index in [1.54, 1.807) is 18.2 Å². The van der Waals surface area contributed by atoms with Crippen molar-refractivity contribution in [1.29, 1.82) is 0 Å². The third kappa shape index (κ3) is 4.65. The van der Waals surface area contributed by atoms with Crippen LogP contribution in [0.15, 0.2) is 24.3 Å². The normalized spacial score (nSPS) is 11.2. The highest BCUT2D eigenvalue weighted by Crippen LogP contribution is 2.14. The standard InChI is InChI=1S/C15H23NO3/c1-3-14(4-2)16(8-9-17)11-12-6-5-7-13(10-12)15(18)19/h5-7,10,14,17H,3-4,8-9,11H2,1-2H3,(H,18,19). The minimum atomic E-state index is -0.905. The Morgan fingerprint density at radius 1 is 1.32 bits per heavy atom. The molecule has 0 bridgehead atoms. The quantitative estimate of drug-likeness (QED) is 0.757. The Balaban J connectivity index is 2.83. The summed E-state index contributed by atoms with van der Waals surface area (Å²) >= 11 is 0. The van der Waals surface area contributed by atoms with Crippen LogP contribution in [0.4, 0.5) is 0 Å². The van der Waals surface area contributed by atoms with E-state index in [2.05, 4.69) is 18.7 Å². The second-order valence-corrected chi connectivity index (χ2v) is 4.67. The van der Waals surface area contributed by atoms with Crippen molar-refractivity contribution in [2.75, 3.05) is 13.2 Å². The van der Waals surface area contributed by atoms with E-state index in [4.69, 9.17) is 10.2 Å². The van der Waals surface area contributed by atoms with Crippen LogP contribution in [0.2, 0.25) is 0 Å². The maximum absolute atomic E-state index is 11.0. The molecule has 106 valence electrons. The van der Waals surface area contributed by atoms with Gasteiger partial charge >= 0.3 is 5.97 Å². The average molecular weight is 265 g/mol. The summed E-state index contributed by atoms with van der Waals surface area (Å²) in [5.41, 5.74) is 1.28. The molecule has 4 heteroatoms. The number of carboxylic acid groups (broad SMARTS) is 1. The first-order valence-corrected chi connectivity index (χ1v) is 6.79. The lowest BCUT2D eigenvalue weighted by Gasteiger charge is -2.29. The van der Waals surface area contributed by atoms with Crippen molar-refractivity contribution in [2.45, 2.75) is 39.3 Å². The SMILES string of the molecule is CCC(CC)N(CCO)Cc1cccc(C(=O)O)c1. The van der Waals surface area contributed by atoms with Gasteiger partial charge in [-0.1, -0.05) is 26.0 Å². The van der Waals surface area contributed by atoms with Crippen molar-refractivity contribution < 1.29 is 15.0 Å². The van der Waals surface area contributed by atoms with E-state index in [1.807, 2.05) is 6.07 Å². The lowest BCUT2D eigenvalue weighted by molar-refractivity contribution is 0.0696. The number of nitrogens with zero attached hydrogens (tertiary/aromatic N) is 1. The van der Waals surface area contributed by atoms with Crippen molar-refractivity contribution in [1.82, 2.24) is 4.90 Å². The zero-order valence-corrected chi connectivity index (χ0v) is 11.7. The molecule has 1 aromatic carbocycles. The third-order valence-corrected chi connectivity index (χ3v) is 3.41. The molecule has 0 aromatic heterocycles. The molecule has 0 saturated carbocycles. The molecule has 0 saturated heterocycles. The minimum absolute atomic E-state index is 0.120. The smallest absolute Gasteiger partial charge is 0.335 e. The fourth-order valence-electron chi connectivity index (χ4n) is 2.36. The highest BCUT2D eigenvalue weighted by molar-refractivity contribution is 5.87. The lowest BCUT2D eigenvalue weighted by atomic mass is 10.1. The number of aromatic carboxylic acids is 1. The van der Waals surface area contributed by atoms with E-state index in [0.29, 0.717) is 24.7 Å². The van der Waals surface area contributed by atoms with Gasteiger partial charge in [-0.25, -0.2) is 4.79 Å². The largest absolute Gasteiger partial charge is 0.478 e. The van der Waals surface area contributed by atoms with E-state index >= 15 is 0 Å². The van der Waals surface area contributed by atoms with Gasteiger partial charge in [0.25, 0.3) is 0 Å². The molecular formula is C15H23NO3. The summed E-state index contributed by atoms with van der Waals surface area (Å²) in [6, 6.07) is 7.41. The Bertz CT molecular complexity index is 402. The molecule has 0 aliphatic heterocycles.